The van der Waals surface area contributed by atoms with Crippen LogP contribution in [0.2, 0.25) is 0 Å². The standard InChI is InChI=1S/C13H20N2O4S2/c16-5-4-15(9-12-2-1-6-20-12)13(17)14-8-11-3-7-21(18,19)10-11/h1-2,6,11,16H,3-5,7-10H2,(H,14,17). The Balaban J connectivity index is 1.84. The molecular weight excluding hydrogens is 312 g/mol. The minimum Gasteiger partial charge on any atom is -0.395 e. The average molecular weight is 332 g/mol. The highest BCUT2D eigenvalue weighted by atomic mass is 32.2. The maximum Gasteiger partial charge on any atom is 0.317 e. The molecule has 8 heteroatoms. The Hall–Kier alpha value is -1.12. The Bertz CT molecular complexity index is 557. The summed E-state index contributed by atoms with van der Waals surface area (Å²) in [5.41, 5.74) is 0. The van der Waals surface area contributed by atoms with Gasteiger partial charge < -0.3 is 15.3 Å². The molecule has 0 radical (unpaired) electrons. The molecule has 0 saturated carbocycles. The molecule has 1 aliphatic rings. The zero-order chi connectivity index (χ0) is 15.3. The second-order valence-electron chi connectivity index (χ2n) is 5.18. The highest BCUT2D eigenvalue weighted by Gasteiger charge is 2.28. The third kappa shape index (κ3) is 4.98. The smallest absolute Gasteiger partial charge is 0.317 e. The maximum absolute atomic E-state index is 12.1. The number of nitrogens with zero attached hydrogens (tertiary/aromatic N) is 1. The molecule has 21 heavy (non-hydrogen) atoms. The predicted octanol–water partition coefficient (Wildman–Crippen LogP) is 0.687. The fourth-order valence-electron chi connectivity index (χ4n) is 2.34. The van der Waals surface area contributed by atoms with E-state index in [0.717, 1.165) is 4.88 Å². The van der Waals surface area contributed by atoms with Crippen LogP contribution in [0, 0.1) is 5.92 Å². The Morgan fingerprint density at radius 2 is 2.33 bits per heavy atom. The van der Waals surface area contributed by atoms with Crippen molar-refractivity contribution < 1.29 is 18.3 Å². The van der Waals surface area contributed by atoms with Gasteiger partial charge in [0.2, 0.25) is 0 Å². The zero-order valence-electron chi connectivity index (χ0n) is 11.7. The second-order valence-corrected chi connectivity index (χ2v) is 8.44. The Kier molecular flexibility index (Phi) is 5.60. The van der Waals surface area contributed by atoms with Crippen LogP contribution in [0.25, 0.3) is 0 Å². The number of hydrogen-bond acceptors (Lipinski definition) is 5. The van der Waals surface area contributed by atoms with Crippen LogP contribution in [0.3, 0.4) is 0 Å². The average Bonchev–Trinajstić information content (AvgIpc) is 3.05. The van der Waals surface area contributed by atoms with Crippen molar-refractivity contribution in [3.05, 3.63) is 22.4 Å². The molecule has 1 fully saturated rings. The van der Waals surface area contributed by atoms with Gasteiger partial charge >= 0.3 is 6.03 Å². The fraction of sp³-hybridized carbons (Fsp3) is 0.615. The topological polar surface area (TPSA) is 86.7 Å². The number of thiophene rings is 1. The van der Waals surface area contributed by atoms with Crippen molar-refractivity contribution in [2.75, 3.05) is 31.2 Å². The lowest BCUT2D eigenvalue weighted by molar-refractivity contribution is 0.173. The lowest BCUT2D eigenvalue weighted by Crippen LogP contribution is -2.42. The largest absolute Gasteiger partial charge is 0.395 e. The van der Waals surface area contributed by atoms with Gasteiger partial charge in [-0.05, 0) is 23.8 Å². The number of carbonyl (C=O) groups is 1. The molecule has 0 spiro atoms. The van der Waals surface area contributed by atoms with E-state index in [4.69, 9.17) is 5.11 Å². The molecule has 0 aliphatic carbocycles. The third-order valence-corrected chi connectivity index (χ3v) is 6.15. The number of sulfone groups is 1. The van der Waals surface area contributed by atoms with Crippen LogP contribution in [0.1, 0.15) is 11.3 Å². The van der Waals surface area contributed by atoms with E-state index in [-0.39, 0.29) is 36.6 Å². The molecule has 1 aromatic rings. The Morgan fingerprint density at radius 1 is 1.52 bits per heavy atom. The number of aliphatic hydroxyl groups excluding tert-OH is 1. The monoisotopic (exact) mass is 332 g/mol. The van der Waals surface area contributed by atoms with Crippen molar-refractivity contribution in [3.8, 4) is 0 Å². The molecule has 2 heterocycles. The number of nitrogens with one attached hydrogen (secondary N) is 1. The van der Waals surface area contributed by atoms with Gasteiger partial charge in [0, 0.05) is 18.0 Å². The van der Waals surface area contributed by atoms with Crippen LogP contribution in [-0.4, -0.2) is 55.7 Å². The van der Waals surface area contributed by atoms with Gasteiger partial charge in [-0.1, -0.05) is 6.07 Å². The highest BCUT2D eigenvalue weighted by Crippen LogP contribution is 2.17. The Labute approximate surface area is 128 Å². The van der Waals surface area contributed by atoms with Crippen molar-refractivity contribution in [1.29, 1.82) is 0 Å². The van der Waals surface area contributed by atoms with E-state index in [1.807, 2.05) is 17.5 Å². The summed E-state index contributed by atoms with van der Waals surface area (Å²) in [5, 5.41) is 13.8. The minimum absolute atomic E-state index is 0.00309. The molecule has 2 rings (SSSR count). The van der Waals surface area contributed by atoms with Gasteiger partial charge in [0.1, 0.15) is 0 Å². The van der Waals surface area contributed by atoms with Crippen molar-refractivity contribution in [1.82, 2.24) is 10.2 Å². The first-order valence-electron chi connectivity index (χ1n) is 6.86. The maximum atomic E-state index is 12.1. The Morgan fingerprint density at radius 3 is 2.90 bits per heavy atom. The molecule has 1 atom stereocenters. The fourth-order valence-corrected chi connectivity index (χ4v) is 4.92. The molecule has 0 bridgehead atoms. The van der Waals surface area contributed by atoms with E-state index in [2.05, 4.69) is 5.32 Å². The normalized spacial score (nSPS) is 20.3. The molecule has 6 nitrogen and oxygen atoms in total. The van der Waals surface area contributed by atoms with E-state index in [0.29, 0.717) is 19.5 Å². The van der Waals surface area contributed by atoms with E-state index in [1.165, 1.54) is 4.90 Å². The SMILES string of the molecule is O=C(NCC1CCS(=O)(=O)C1)N(CCO)Cc1cccs1. The summed E-state index contributed by atoms with van der Waals surface area (Å²) in [6.45, 7) is 0.973. The van der Waals surface area contributed by atoms with E-state index < -0.39 is 9.84 Å². The zero-order valence-corrected chi connectivity index (χ0v) is 13.3. The molecule has 2 amide bonds. The second kappa shape index (κ2) is 7.24. The number of amides is 2. The summed E-state index contributed by atoms with van der Waals surface area (Å²) in [6, 6.07) is 3.59. The van der Waals surface area contributed by atoms with Gasteiger partial charge in [-0.25, -0.2) is 13.2 Å². The quantitative estimate of drug-likeness (QED) is 0.802. The lowest BCUT2D eigenvalue weighted by atomic mass is 10.1. The van der Waals surface area contributed by atoms with Crippen LogP contribution in [-0.2, 0) is 16.4 Å². The van der Waals surface area contributed by atoms with Crippen LogP contribution in [0.5, 0.6) is 0 Å². The molecule has 2 N–H and O–H groups in total. The first-order chi connectivity index (χ1) is 10.00. The predicted molar refractivity (Wildman–Crippen MR) is 82.0 cm³/mol. The number of carbonyl (C=O) groups excluding carboxylic acids is 1. The highest BCUT2D eigenvalue weighted by molar-refractivity contribution is 7.91. The minimum atomic E-state index is -2.92. The van der Waals surface area contributed by atoms with E-state index >= 15 is 0 Å². The first-order valence-corrected chi connectivity index (χ1v) is 9.57. The lowest BCUT2D eigenvalue weighted by Gasteiger charge is -2.22. The van der Waals surface area contributed by atoms with Gasteiger partial charge in [-0.2, -0.15) is 0 Å². The molecule has 118 valence electrons. The molecule has 1 aromatic heterocycles. The summed E-state index contributed by atoms with van der Waals surface area (Å²) < 4.78 is 22.8. The summed E-state index contributed by atoms with van der Waals surface area (Å²) in [6.07, 6.45) is 0.605. The van der Waals surface area contributed by atoms with Gasteiger partial charge in [0.15, 0.2) is 9.84 Å². The van der Waals surface area contributed by atoms with Gasteiger partial charge in [-0.3, -0.25) is 0 Å². The molecule has 1 unspecified atom stereocenters. The number of rotatable bonds is 6. The van der Waals surface area contributed by atoms with Crippen molar-refractivity contribution >= 4 is 27.2 Å². The van der Waals surface area contributed by atoms with E-state index in [9.17, 15) is 13.2 Å². The van der Waals surface area contributed by atoms with Crippen molar-refractivity contribution in [2.24, 2.45) is 5.92 Å². The molecule has 1 saturated heterocycles. The van der Waals surface area contributed by atoms with Gasteiger partial charge in [-0.15, -0.1) is 11.3 Å². The molecular formula is C13H20N2O4S2. The molecule has 0 aromatic carbocycles. The first kappa shape index (κ1) is 16.3. The number of urea groups is 1. The van der Waals surface area contributed by atoms with Crippen molar-refractivity contribution in [2.45, 2.75) is 13.0 Å². The van der Waals surface area contributed by atoms with Crippen LogP contribution in [0.15, 0.2) is 17.5 Å². The number of aliphatic hydroxyl groups is 1. The summed E-state index contributed by atoms with van der Waals surface area (Å²) >= 11 is 1.56. The van der Waals surface area contributed by atoms with Gasteiger partial charge in [0.25, 0.3) is 0 Å². The van der Waals surface area contributed by atoms with Gasteiger partial charge in [0.05, 0.1) is 24.7 Å². The third-order valence-electron chi connectivity index (χ3n) is 3.45. The van der Waals surface area contributed by atoms with E-state index in [1.54, 1.807) is 11.3 Å². The van der Waals surface area contributed by atoms with Crippen LogP contribution < -0.4 is 5.32 Å². The summed E-state index contributed by atoms with van der Waals surface area (Å²) in [4.78, 5) is 14.7. The van der Waals surface area contributed by atoms with Crippen molar-refractivity contribution in [3.63, 3.8) is 0 Å². The molecule has 1 aliphatic heterocycles. The van der Waals surface area contributed by atoms with Crippen LogP contribution >= 0.6 is 11.3 Å². The summed E-state index contributed by atoms with van der Waals surface area (Å²) in [5.74, 6) is 0.359. The summed E-state index contributed by atoms with van der Waals surface area (Å²) in [7, 11) is -2.92. The van der Waals surface area contributed by atoms with Crippen LogP contribution in [0.4, 0.5) is 4.79 Å². The number of hydrogen-bond donors (Lipinski definition) is 2.